The molecule has 0 saturated carbocycles. The SMILES string of the molecule is C/C=C/C(=O)c1ccc2c(c1)OCO2. The van der Waals surface area contributed by atoms with E-state index < -0.39 is 0 Å². The van der Waals surface area contributed by atoms with E-state index in [1.165, 1.54) is 6.08 Å². The summed E-state index contributed by atoms with van der Waals surface area (Å²) in [5, 5.41) is 0. The first-order valence-electron chi connectivity index (χ1n) is 4.38. The Kier molecular flexibility index (Phi) is 2.23. The van der Waals surface area contributed by atoms with Gasteiger partial charge in [0.05, 0.1) is 0 Å². The lowest BCUT2D eigenvalue weighted by Gasteiger charge is -1.98. The van der Waals surface area contributed by atoms with Gasteiger partial charge in [0, 0.05) is 5.56 Å². The van der Waals surface area contributed by atoms with Crippen molar-refractivity contribution in [2.45, 2.75) is 6.92 Å². The standard InChI is InChI=1S/C11H10O3/c1-2-3-9(12)8-4-5-10-11(6-8)14-7-13-10/h2-6H,7H2,1H3/b3-2+. The fourth-order valence-corrected chi connectivity index (χ4v) is 1.30. The predicted octanol–water partition coefficient (Wildman–Crippen LogP) is 2.17. The quantitative estimate of drug-likeness (QED) is 0.529. The molecule has 3 nitrogen and oxygen atoms in total. The number of ketones is 1. The molecule has 1 heterocycles. The minimum atomic E-state index is -0.0224. The van der Waals surface area contributed by atoms with Crippen LogP contribution < -0.4 is 9.47 Å². The van der Waals surface area contributed by atoms with Gasteiger partial charge in [-0.25, -0.2) is 0 Å². The number of allylic oxidation sites excluding steroid dienone is 2. The highest BCUT2D eigenvalue weighted by atomic mass is 16.7. The Morgan fingerprint density at radius 2 is 2.14 bits per heavy atom. The average Bonchev–Trinajstić information content (AvgIpc) is 2.64. The van der Waals surface area contributed by atoms with Gasteiger partial charge in [-0.15, -0.1) is 0 Å². The van der Waals surface area contributed by atoms with E-state index in [-0.39, 0.29) is 12.6 Å². The maximum atomic E-state index is 11.5. The van der Waals surface area contributed by atoms with Crippen LogP contribution in [0.25, 0.3) is 0 Å². The molecule has 0 aromatic heterocycles. The number of ether oxygens (including phenoxy) is 2. The molecule has 0 atom stereocenters. The van der Waals surface area contributed by atoms with Crippen LogP contribution in [-0.2, 0) is 0 Å². The number of benzene rings is 1. The van der Waals surface area contributed by atoms with Gasteiger partial charge in [-0.3, -0.25) is 4.79 Å². The van der Waals surface area contributed by atoms with Crippen LogP contribution in [0.15, 0.2) is 30.4 Å². The first-order valence-corrected chi connectivity index (χ1v) is 4.38. The third kappa shape index (κ3) is 1.48. The van der Waals surface area contributed by atoms with E-state index in [4.69, 9.17) is 9.47 Å². The van der Waals surface area contributed by atoms with Gasteiger partial charge in [0.1, 0.15) is 0 Å². The van der Waals surface area contributed by atoms with Crippen molar-refractivity contribution in [1.82, 2.24) is 0 Å². The van der Waals surface area contributed by atoms with Crippen LogP contribution in [0.4, 0.5) is 0 Å². The van der Waals surface area contributed by atoms with Crippen molar-refractivity contribution in [1.29, 1.82) is 0 Å². The van der Waals surface area contributed by atoms with Crippen molar-refractivity contribution in [3.8, 4) is 11.5 Å². The zero-order valence-corrected chi connectivity index (χ0v) is 7.82. The molecule has 0 amide bonds. The molecule has 0 unspecified atom stereocenters. The van der Waals surface area contributed by atoms with Gasteiger partial charge >= 0.3 is 0 Å². The molecule has 0 saturated heterocycles. The Bertz CT molecular complexity index is 394. The molecular formula is C11H10O3. The Balaban J connectivity index is 2.33. The maximum absolute atomic E-state index is 11.5. The van der Waals surface area contributed by atoms with Gasteiger partial charge in [-0.05, 0) is 31.2 Å². The molecule has 0 spiro atoms. The predicted molar refractivity (Wildman–Crippen MR) is 51.7 cm³/mol. The summed E-state index contributed by atoms with van der Waals surface area (Å²) >= 11 is 0. The Morgan fingerprint density at radius 3 is 2.93 bits per heavy atom. The number of hydrogen-bond donors (Lipinski definition) is 0. The highest BCUT2D eigenvalue weighted by molar-refractivity contribution is 6.04. The van der Waals surface area contributed by atoms with Crippen LogP contribution in [0.5, 0.6) is 11.5 Å². The van der Waals surface area contributed by atoms with Gasteiger partial charge in [0.2, 0.25) is 6.79 Å². The van der Waals surface area contributed by atoms with Crippen molar-refractivity contribution in [3.63, 3.8) is 0 Å². The van der Waals surface area contributed by atoms with Gasteiger partial charge in [0.25, 0.3) is 0 Å². The van der Waals surface area contributed by atoms with Gasteiger partial charge in [-0.2, -0.15) is 0 Å². The van der Waals surface area contributed by atoms with Crippen LogP contribution in [0.2, 0.25) is 0 Å². The van der Waals surface area contributed by atoms with Crippen molar-refractivity contribution in [2.75, 3.05) is 6.79 Å². The second-order valence-electron chi connectivity index (χ2n) is 2.93. The smallest absolute Gasteiger partial charge is 0.231 e. The Hall–Kier alpha value is -1.77. The Morgan fingerprint density at radius 1 is 1.36 bits per heavy atom. The summed E-state index contributed by atoms with van der Waals surface area (Å²) < 4.78 is 10.3. The van der Waals surface area contributed by atoms with Gasteiger partial charge in [-0.1, -0.05) is 6.08 Å². The summed E-state index contributed by atoms with van der Waals surface area (Å²) in [6, 6.07) is 5.18. The molecule has 0 bridgehead atoms. The maximum Gasteiger partial charge on any atom is 0.231 e. The van der Waals surface area contributed by atoms with E-state index in [2.05, 4.69) is 0 Å². The molecule has 1 aromatic rings. The third-order valence-corrected chi connectivity index (χ3v) is 1.98. The molecule has 1 aromatic carbocycles. The summed E-state index contributed by atoms with van der Waals surface area (Å²) in [6.07, 6.45) is 3.24. The van der Waals surface area contributed by atoms with E-state index in [0.717, 1.165) is 0 Å². The van der Waals surface area contributed by atoms with E-state index >= 15 is 0 Å². The molecule has 1 aliphatic rings. The first kappa shape index (κ1) is 8.81. The molecule has 14 heavy (non-hydrogen) atoms. The second-order valence-corrected chi connectivity index (χ2v) is 2.93. The lowest BCUT2D eigenvalue weighted by molar-refractivity contribution is 0.104. The van der Waals surface area contributed by atoms with Crippen molar-refractivity contribution in [3.05, 3.63) is 35.9 Å². The van der Waals surface area contributed by atoms with Gasteiger partial charge in [0.15, 0.2) is 17.3 Å². The van der Waals surface area contributed by atoms with Crippen molar-refractivity contribution in [2.24, 2.45) is 0 Å². The molecule has 0 N–H and O–H groups in total. The van der Waals surface area contributed by atoms with Crippen LogP contribution >= 0.6 is 0 Å². The summed E-state index contributed by atoms with van der Waals surface area (Å²) in [6.45, 7) is 2.04. The average molecular weight is 190 g/mol. The fraction of sp³-hybridized carbons (Fsp3) is 0.182. The van der Waals surface area contributed by atoms with E-state index in [1.54, 1.807) is 24.3 Å². The second kappa shape index (κ2) is 3.54. The number of rotatable bonds is 2. The number of fused-ring (bicyclic) bond motifs is 1. The van der Waals surface area contributed by atoms with E-state index in [0.29, 0.717) is 17.1 Å². The molecule has 0 radical (unpaired) electrons. The number of carbonyl (C=O) groups is 1. The molecule has 3 heteroatoms. The van der Waals surface area contributed by atoms with Crippen LogP contribution in [-0.4, -0.2) is 12.6 Å². The van der Waals surface area contributed by atoms with Crippen molar-refractivity contribution < 1.29 is 14.3 Å². The number of carbonyl (C=O) groups excluding carboxylic acids is 1. The lowest BCUT2D eigenvalue weighted by atomic mass is 10.1. The highest BCUT2D eigenvalue weighted by Gasteiger charge is 2.14. The topological polar surface area (TPSA) is 35.5 Å². The van der Waals surface area contributed by atoms with E-state index in [9.17, 15) is 4.79 Å². The van der Waals surface area contributed by atoms with Crippen LogP contribution in [0.1, 0.15) is 17.3 Å². The van der Waals surface area contributed by atoms with Crippen LogP contribution in [0, 0.1) is 0 Å². The molecular weight excluding hydrogens is 180 g/mol. The van der Waals surface area contributed by atoms with Crippen molar-refractivity contribution >= 4 is 5.78 Å². The minimum absolute atomic E-state index is 0.0224. The summed E-state index contributed by atoms with van der Waals surface area (Å²) in [5.41, 5.74) is 0.618. The van der Waals surface area contributed by atoms with E-state index in [1.807, 2.05) is 6.92 Å². The summed E-state index contributed by atoms with van der Waals surface area (Å²) in [4.78, 5) is 11.5. The van der Waals surface area contributed by atoms with Gasteiger partial charge < -0.3 is 9.47 Å². The Labute approximate surface area is 81.9 Å². The largest absolute Gasteiger partial charge is 0.454 e. The minimum Gasteiger partial charge on any atom is -0.454 e. The number of hydrogen-bond acceptors (Lipinski definition) is 3. The normalized spacial score (nSPS) is 13.5. The first-order chi connectivity index (χ1) is 6.81. The highest BCUT2D eigenvalue weighted by Crippen LogP contribution is 2.32. The monoisotopic (exact) mass is 190 g/mol. The molecule has 2 rings (SSSR count). The summed E-state index contributed by atoms with van der Waals surface area (Å²) in [5.74, 6) is 1.31. The molecule has 0 aliphatic carbocycles. The lowest BCUT2D eigenvalue weighted by Crippen LogP contribution is -1.94. The molecule has 0 fully saturated rings. The molecule has 1 aliphatic heterocycles. The fourth-order valence-electron chi connectivity index (χ4n) is 1.30. The molecule has 72 valence electrons. The zero-order chi connectivity index (χ0) is 9.97. The van der Waals surface area contributed by atoms with Crippen LogP contribution in [0.3, 0.4) is 0 Å². The summed E-state index contributed by atoms with van der Waals surface area (Å²) in [7, 11) is 0. The zero-order valence-electron chi connectivity index (χ0n) is 7.82. The third-order valence-electron chi connectivity index (χ3n) is 1.98.